The molecule has 0 aliphatic carbocycles. The van der Waals surface area contributed by atoms with Crippen LogP contribution in [0.2, 0.25) is 0 Å². The highest BCUT2D eigenvalue weighted by atomic mass is 79.9. The largest absolute Gasteiger partial charge is 0.397 e. The van der Waals surface area contributed by atoms with Crippen molar-refractivity contribution in [3.05, 3.63) is 22.7 Å². The molecule has 62 valence electrons. The fraction of sp³-hybridized carbons (Fsp3) is 0. The average Bonchev–Trinajstić information content (AvgIpc) is 2.29. The molecule has 1 aromatic heterocycles. The van der Waals surface area contributed by atoms with E-state index in [-0.39, 0.29) is 0 Å². The number of thiol groups is 1. The van der Waals surface area contributed by atoms with Gasteiger partial charge in [0.1, 0.15) is 0 Å². The maximum Gasteiger partial charge on any atom is 0.0811 e. The summed E-state index contributed by atoms with van der Waals surface area (Å²) in [5.74, 6) is 0. The van der Waals surface area contributed by atoms with E-state index in [0.29, 0.717) is 0 Å². The van der Waals surface area contributed by atoms with E-state index < -0.39 is 0 Å². The summed E-state index contributed by atoms with van der Waals surface area (Å²) in [5.41, 5.74) is 6.61. The summed E-state index contributed by atoms with van der Waals surface area (Å²) in [5, 5.41) is 1.08. The van der Waals surface area contributed by atoms with Gasteiger partial charge < -0.3 is 5.73 Å². The van der Waals surface area contributed by atoms with Gasteiger partial charge in [-0.25, -0.2) is 0 Å². The Morgan fingerprint density at radius 2 is 2.17 bits per heavy atom. The van der Waals surface area contributed by atoms with Crippen LogP contribution >= 0.6 is 39.9 Å². The second-order valence-electron chi connectivity index (χ2n) is 2.43. The van der Waals surface area contributed by atoms with Crippen LogP contribution in [-0.2, 0) is 0 Å². The molecule has 0 radical (unpaired) electrons. The number of hydrogen-bond acceptors (Lipinski definition) is 3. The predicted octanol–water partition coefficient (Wildman–Crippen LogP) is 3.53. The topological polar surface area (TPSA) is 26.0 Å². The molecule has 0 bridgehead atoms. The first-order valence-corrected chi connectivity index (χ1v) is 5.41. The van der Waals surface area contributed by atoms with Crippen molar-refractivity contribution in [3.63, 3.8) is 0 Å². The lowest BCUT2D eigenvalue weighted by atomic mass is 10.2. The second kappa shape index (κ2) is 2.94. The second-order valence-corrected chi connectivity index (χ2v) is 5.09. The number of hydrogen-bond donors (Lipinski definition) is 2. The van der Waals surface area contributed by atoms with Crippen molar-refractivity contribution >= 4 is 55.7 Å². The fourth-order valence-electron chi connectivity index (χ4n) is 1.12. The minimum Gasteiger partial charge on any atom is -0.397 e. The van der Waals surface area contributed by atoms with Gasteiger partial charge in [0.15, 0.2) is 0 Å². The molecule has 2 aromatic rings. The number of nitrogen functional groups attached to an aromatic ring is 1. The van der Waals surface area contributed by atoms with Crippen LogP contribution in [0.1, 0.15) is 0 Å². The minimum absolute atomic E-state index is 0.769. The predicted molar refractivity (Wildman–Crippen MR) is 61.2 cm³/mol. The monoisotopic (exact) mass is 259 g/mol. The van der Waals surface area contributed by atoms with Crippen molar-refractivity contribution in [3.8, 4) is 0 Å². The Bertz CT molecular complexity index is 436. The van der Waals surface area contributed by atoms with Crippen molar-refractivity contribution in [1.29, 1.82) is 0 Å². The van der Waals surface area contributed by atoms with Gasteiger partial charge in [-0.15, -0.1) is 24.0 Å². The third kappa shape index (κ3) is 1.14. The molecule has 0 fully saturated rings. The number of benzene rings is 1. The van der Waals surface area contributed by atoms with Crippen molar-refractivity contribution in [2.45, 2.75) is 4.21 Å². The van der Waals surface area contributed by atoms with E-state index in [1.54, 1.807) is 11.3 Å². The highest BCUT2D eigenvalue weighted by Crippen LogP contribution is 2.39. The number of halogens is 1. The van der Waals surface area contributed by atoms with Crippen molar-refractivity contribution in [2.75, 3.05) is 5.73 Å². The van der Waals surface area contributed by atoms with Gasteiger partial charge in [-0.05, 0) is 12.1 Å². The van der Waals surface area contributed by atoms with Crippen LogP contribution in [0, 0.1) is 0 Å². The third-order valence-electron chi connectivity index (χ3n) is 1.68. The molecule has 2 rings (SSSR count). The van der Waals surface area contributed by atoms with E-state index in [4.69, 9.17) is 5.73 Å². The first-order chi connectivity index (χ1) is 5.70. The number of nitrogens with two attached hydrogens (primary N) is 1. The molecule has 1 heterocycles. The van der Waals surface area contributed by atoms with Gasteiger partial charge in [0.2, 0.25) is 0 Å². The van der Waals surface area contributed by atoms with Gasteiger partial charge in [-0.1, -0.05) is 22.0 Å². The van der Waals surface area contributed by atoms with Crippen LogP contribution in [0.25, 0.3) is 10.1 Å². The van der Waals surface area contributed by atoms with Crippen molar-refractivity contribution in [1.82, 2.24) is 0 Å². The SMILES string of the molecule is Nc1c(S)sc2cccc(Br)c12. The quantitative estimate of drug-likeness (QED) is 0.696. The van der Waals surface area contributed by atoms with E-state index in [0.717, 1.165) is 19.8 Å². The van der Waals surface area contributed by atoms with E-state index >= 15 is 0 Å². The van der Waals surface area contributed by atoms with E-state index in [9.17, 15) is 0 Å². The molecule has 4 heteroatoms. The summed E-state index contributed by atoms with van der Waals surface area (Å²) in [6, 6.07) is 6.02. The first kappa shape index (κ1) is 8.41. The molecular weight excluding hydrogens is 254 g/mol. The van der Waals surface area contributed by atoms with Gasteiger partial charge in [-0.3, -0.25) is 0 Å². The van der Waals surface area contributed by atoms with Crippen LogP contribution in [0.3, 0.4) is 0 Å². The lowest BCUT2D eigenvalue weighted by Crippen LogP contribution is -1.82. The lowest BCUT2D eigenvalue weighted by Gasteiger charge is -1.94. The van der Waals surface area contributed by atoms with Crippen LogP contribution in [0.5, 0.6) is 0 Å². The Kier molecular flexibility index (Phi) is 2.06. The summed E-state index contributed by atoms with van der Waals surface area (Å²) >= 11 is 9.33. The average molecular weight is 260 g/mol. The molecule has 0 atom stereocenters. The maximum absolute atomic E-state index is 5.84. The summed E-state index contributed by atoms with van der Waals surface area (Å²) in [6.45, 7) is 0. The Morgan fingerprint density at radius 3 is 2.83 bits per heavy atom. The van der Waals surface area contributed by atoms with Gasteiger partial charge in [0.25, 0.3) is 0 Å². The number of anilines is 1. The third-order valence-corrected chi connectivity index (χ3v) is 3.83. The minimum atomic E-state index is 0.769. The first-order valence-electron chi connectivity index (χ1n) is 3.35. The molecule has 0 saturated carbocycles. The van der Waals surface area contributed by atoms with Gasteiger partial charge >= 0.3 is 0 Å². The molecule has 0 spiro atoms. The Labute approximate surface area is 88.1 Å². The zero-order valence-corrected chi connectivity index (χ0v) is 9.34. The number of thiophene rings is 1. The molecule has 12 heavy (non-hydrogen) atoms. The van der Waals surface area contributed by atoms with Gasteiger partial charge in [0.05, 0.1) is 9.90 Å². The molecular formula is C8H6BrNS2. The van der Waals surface area contributed by atoms with Crippen LogP contribution in [0.4, 0.5) is 5.69 Å². The van der Waals surface area contributed by atoms with Gasteiger partial charge in [-0.2, -0.15) is 0 Å². The summed E-state index contributed by atoms with van der Waals surface area (Å²) in [6.07, 6.45) is 0. The summed E-state index contributed by atoms with van der Waals surface area (Å²) in [4.78, 5) is 0. The summed E-state index contributed by atoms with van der Waals surface area (Å²) < 4.78 is 3.10. The molecule has 0 amide bonds. The Morgan fingerprint density at radius 1 is 1.42 bits per heavy atom. The van der Waals surface area contributed by atoms with E-state index in [1.807, 2.05) is 18.2 Å². The lowest BCUT2D eigenvalue weighted by molar-refractivity contribution is 1.71. The van der Waals surface area contributed by atoms with Crippen molar-refractivity contribution < 1.29 is 0 Å². The molecule has 0 unspecified atom stereocenters. The smallest absolute Gasteiger partial charge is 0.0811 e. The Hall–Kier alpha value is -0.190. The molecule has 0 aliphatic rings. The zero-order chi connectivity index (χ0) is 8.72. The number of fused-ring (bicyclic) bond motifs is 1. The molecule has 1 aromatic carbocycles. The van der Waals surface area contributed by atoms with Crippen molar-refractivity contribution in [2.24, 2.45) is 0 Å². The highest BCUT2D eigenvalue weighted by Gasteiger charge is 2.08. The standard InChI is InChI=1S/C8H6BrNS2/c9-4-2-1-3-5-6(4)7(10)8(11)12-5/h1-3,11H,10H2. The highest BCUT2D eigenvalue weighted by molar-refractivity contribution is 9.10. The fourth-order valence-corrected chi connectivity index (χ4v) is 3.12. The van der Waals surface area contributed by atoms with Crippen LogP contribution in [0.15, 0.2) is 26.9 Å². The number of rotatable bonds is 0. The normalized spacial score (nSPS) is 10.8. The van der Waals surface area contributed by atoms with Crippen LogP contribution < -0.4 is 5.73 Å². The van der Waals surface area contributed by atoms with Crippen LogP contribution in [-0.4, -0.2) is 0 Å². The Balaban J connectivity index is 2.97. The molecule has 2 N–H and O–H groups in total. The summed E-state index contributed by atoms with van der Waals surface area (Å²) in [7, 11) is 0. The molecule has 1 nitrogen and oxygen atoms in total. The van der Waals surface area contributed by atoms with E-state index in [1.165, 1.54) is 4.70 Å². The van der Waals surface area contributed by atoms with E-state index in [2.05, 4.69) is 28.6 Å². The zero-order valence-electron chi connectivity index (χ0n) is 6.04. The molecule has 0 saturated heterocycles. The maximum atomic E-state index is 5.84. The van der Waals surface area contributed by atoms with Gasteiger partial charge in [0, 0.05) is 14.6 Å². The molecule has 0 aliphatic heterocycles.